The molecule has 0 bridgehead atoms. The lowest BCUT2D eigenvalue weighted by Gasteiger charge is -2.16. The number of alkyl halides is 1. The Bertz CT molecular complexity index is 88.1. The third-order valence-corrected chi connectivity index (χ3v) is 2.12. The van der Waals surface area contributed by atoms with Gasteiger partial charge in [-0.25, -0.2) is 4.39 Å². The van der Waals surface area contributed by atoms with Crippen LogP contribution in [-0.2, 0) is 4.43 Å². The second-order valence-corrected chi connectivity index (χ2v) is 8.04. The maximum absolute atomic E-state index is 12.2. The van der Waals surface area contributed by atoms with Crippen molar-refractivity contribution in [1.29, 1.82) is 0 Å². The van der Waals surface area contributed by atoms with Crippen molar-refractivity contribution in [3.63, 3.8) is 0 Å². The predicted molar refractivity (Wildman–Crippen MR) is 44.5 cm³/mol. The molecule has 0 spiro atoms. The highest BCUT2D eigenvalue weighted by Gasteiger charge is 2.13. The maximum Gasteiger partial charge on any atom is 0.183 e. The zero-order valence-electron chi connectivity index (χ0n) is 7.28. The van der Waals surface area contributed by atoms with Crippen LogP contribution >= 0.6 is 0 Å². The zero-order valence-corrected chi connectivity index (χ0v) is 8.28. The monoisotopic (exact) mass is 164 g/mol. The predicted octanol–water partition coefficient (Wildman–Crippen LogP) is 2.59. The minimum atomic E-state index is -1.39. The van der Waals surface area contributed by atoms with Gasteiger partial charge < -0.3 is 4.43 Å². The van der Waals surface area contributed by atoms with E-state index in [-0.39, 0.29) is 0 Å². The van der Waals surface area contributed by atoms with Crippen LogP contribution in [0.5, 0.6) is 0 Å². The molecule has 10 heavy (non-hydrogen) atoms. The standard InChI is InChI=1S/C7H17FOSi/c1-7(8)5-6-9-10(2,3)4/h7H,5-6H2,1-4H3. The molecule has 62 valence electrons. The maximum atomic E-state index is 12.2. The Morgan fingerprint density at radius 2 is 1.90 bits per heavy atom. The molecule has 1 atom stereocenters. The smallest absolute Gasteiger partial charge is 0.183 e. The van der Waals surface area contributed by atoms with Gasteiger partial charge in [-0.05, 0) is 26.6 Å². The largest absolute Gasteiger partial charge is 0.418 e. The second-order valence-electron chi connectivity index (χ2n) is 3.53. The van der Waals surface area contributed by atoms with Crippen molar-refractivity contribution in [3.8, 4) is 0 Å². The topological polar surface area (TPSA) is 9.23 Å². The molecule has 1 unspecified atom stereocenters. The molecule has 0 heterocycles. The van der Waals surface area contributed by atoms with Crippen LogP contribution in [-0.4, -0.2) is 21.1 Å². The van der Waals surface area contributed by atoms with Gasteiger partial charge in [-0.2, -0.15) is 0 Å². The molecule has 0 fully saturated rings. The quantitative estimate of drug-likeness (QED) is 0.580. The summed E-state index contributed by atoms with van der Waals surface area (Å²) in [7, 11) is -1.39. The Kier molecular flexibility index (Phi) is 4.13. The van der Waals surface area contributed by atoms with Gasteiger partial charge in [-0.15, -0.1) is 0 Å². The summed E-state index contributed by atoms with van der Waals surface area (Å²) in [5, 5.41) is 0. The first-order chi connectivity index (χ1) is 4.42. The fourth-order valence-corrected chi connectivity index (χ4v) is 1.26. The van der Waals surface area contributed by atoms with Gasteiger partial charge in [0.05, 0.1) is 6.17 Å². The third kappa shape index (κ3) is 8.11. The summed E-state index contributed by atoms with van der Waals surface area (Å²) in [5.41, 5.74) is 0. The SMILES string of the molecule is CC(F)CCO[Si](C)(C)C. The van der Waals surface area contributed by atoms with Crippen LogP contribution in [0.4, 0.5) is 4.39 Å². The molecule has 3 heteroatoms. The average molecular weight is 164 g/mol. The lowest BCUT2D eigenvalue weighted by molar-refractivity contribution is 0.242. The second kappa shape index (κ2) is 4.08. The van der Waals surface area contributed by atoms with E-state index in [1.54, 1.807) is 6.92 Å². The van der Waals surface area contributed by atoms with E-state index in [0.717, 1.165) is 0 Å². The first-order valence-electron chi connectivity index (χ1n) is 3.70. The van der Waals surface area contributed by atoms with Gasteiger partial charge >= 0.3 is 0 Å². The Balaban J connectivity index is 3.21. The van der Waals surface area contributed by atoms with Crippen LogP contribution in [0.2, 0.25) is 19.6 Å². The highest BCUT2D eigenvalue weighted by Crippen LogP contribution is 2.04. The van der Waals surface area contributed by atoms with Crippen molar-refractivity contribution >= 4 is 8.32 Å². The van der Waals surface area contributed by atoms with Crippen LogP contribution in [0.25, 0.3) is 0 Å². The van der Waals surface area contributed by atoms with E-state index in [1.807, 2.05) is 0 Å². The fourth-order valence-electron chi connectivity index (χ4n) is 0.528. The molecule has 0 N–H and O–H groups in total. The first kappa shape index (κ1) is 10.1. The molecule has 0 aromatic carbocycles. The van der Waals surface area contributed by atoms with Gasteiger partial charge in [0.2, 0.25) is 0 Å². The molecular formula is C7H17FOSi. The van der Waals surface area contributed by atoms with Crippen LogP contribution in [0.15, 0.2) is 0 Å². The molecule has 0 radical (unpaired) electrons. The van der Waals surface area contributed by atoms with E-state index >= 15 is 0 Å². The van der Waals surface area contributed by atoms with Crippen molar-refractivity contribution in [2.75, 3.05) is 6.61 Å². The summed E-state index contributed by atoms with van der Waals surface area (Å²) >= 11 is 0. The van der Waals surface area contributed by atoms with Gasteiger partial charge in [-0.3, -0.25) is 0 Å². The third-order valence-electron chi connectivity index (χ3n) is 1.05. The molecular weight excluding hydrogens is 147 g/mol. The Morgan fingerprint density at radius 3 is 2.20 bits per heavy atom. The van der Waals surface area contributed by atoms with Crippen LogP contribution in [0.1, 0.15) is 13.3 Å². The molecule has 0 aliphatic carbocycles. The summed E-state index contributed by atoms with van der Waals surface area (Å²) in [4.78, 5) is 0. The van der Waals surface area contributed by atoms with Crippen molar-refractivity contribution in [1.82, 2.24) is 0 Å². The molecule has 0 aliphatic rings. The first-order valence-corrected chi connectivity index (χ1v) is 7.10. The molecule has 0 amide bonds. The highest BCUT2D eigenvalue weighted by molar-refractivity contribution is 6.69. The van der Waals surface area contributed by atoms with Crippen molar-refractivity contribution in [2.45, 2.75) is 39.2 Å². The molecule has 0 aromatic rings. The van der Waals surface area contributed by atoms with Gasteiger partial charge in [0.25, 0.3) is 0 Å². The van der Waals surface area contributed by atoms with Crippen LogP contribution in [0, 0.1) is 0 Å². The van der Waals surface area contributed by atoms with E-state index in [1.165, 1.54) is 0 Å². The summed E-state index contributed by atoms with van der Waals surface area (Å²) < 4.78 is 17.7. The van der Waals surface area contributed by atoms with Crippen molar-refractivity contribution in [2.24, 2.45) is 0 Å². The van der Waals surface area contributed by atoms with E-state index < -0.39 is 14.5 Å². The molecule has 0 saturated carbocycles. The van der Waals surface area contributed by atoms with Gasteiger partial charge in [0.15, 0.2) is 8.32 Å². The number of hydrogen-bond donors (Lipinski definition) is 0. The number of rotatable bonds is 4. The number of hydrogen-bond acceptors (Lipinski definition) is 1. The molecule has 1 nitrogen and oxygen atoms in total. The fraction of sp³-hybridized carbons (Fsp3) is 1.00. The molecule has 0 aliphatic heterocycles. The molecule has 0 rings (SSSR count). The summed E-state index contributed by atoms with van der Waals surface area (Å²) in [6.45, 7) is 8.46. The minimum Gasteiger partial charge on any atom is -0.418 e. The Morgan fingerprint density at radius 1 is 1.40 bits per heavy atom. The van der Waals surface area contributed by atoms with Crippen LogP contribution < -0.4 is 0 Å². The molecule has 0 saturated heterocycles. The number of halogens is 1. The van der Waals surface area contributed by atoms with E-state index in [2.05, 4.69) is 19.6 Å². The Labute approximate surface area is 63.7 Å². The van der Waals surface area contributed by atoms with Gasteiger partial charge in [0, 0.05) is 13.0 Å². The zero-order chi connectivity index (χ0) is 8.20. The lowest BCUT2D eigenvalue weighted by Crippen LogP contribution is -2.26. The summed E-state index contributed by atoms with van der Waals surface area (Å²) in [6, 6.07) is 0. The normalized spacial score (nSPS) is 15.3. The van der Waals surface area contributed by atoms with Crippen LogP contribution in [0.3, 0.4) is 0 Å². The van der Waals surface area contributed by atoms with Crippen molar-refractivity contribution < 1.29 is 8.82 Å². The van der Waals surface area contributed by atoms with Gasteiger partial charge in [-0.1, -0.05) is 0 Å². The van der Waals surface area contributed by atoms with E-state index in [9.17, 15) is 4.39 Å². The lowest BCUT2D eigenvalue weighted by atomic mass is 10.3. The summed E-state index contributed by atoms with van der Waals surface area (Å²) in [5.74, 6) is 0. The Hall–Kier alpha value is 0.107. The minimum absolute atomic E-state index is 0.532. The highest BCUT2D eigenvalue weighted by atomic mass is 28.4. The summed E-state index contributed by atoms with van der Waals surface area (Å²) in [6.07, 6.45) is -0.194. The van der Waals surface area contributed by atoms with Crippen molar-refractivity contribution in [3.05, 3.63) is 0 Å². The van der Waals surface area contributed by atoms with Gasteiger partial charge in [0.1, 0.15) is 0 Å². The molecule has 0 aromatic heterocycles. The van der Waals surface area contributed by atoms with E-state index in [4.69, 9.17) is 4.43 Å². The van der Waals surface area contributed by atoms with E-state index in [0.29, 0.717) is 13.0 Å². The average Bonchev–Trinajstić information content (AvgIpc) is 1.59.